The predicted molar refractivity (Wildman–Crippen MR) is 76.9 cm³/mol. The number of benzene rings is 1. The van der Waals surface area contributed by atoms with Gasteiger partial charge in [-0.05, 0) is 37.6 Å². The first-order valence-electron chi connectivity index (χ1n) is 6.06. The SMILES string of the molecule is CCOCCCNC(=O)C(=O)Nc1ccc(Br)cc1. The Balaban J connectivity index is 2.28. The van der Waals surface area contributed by atoms with Crippen LogP contribution in [0.1, 0.15) is 13.3 Å². The fourth-order valence-electron chi connectivity index (χ4n) is 1.32. The molecule has 6 heteroatoms. The van der Waals surface area contributed by atoms with Crippen LogP contribution in [0.25, 0.3) is 0 Å². The maximum absolute atomic E-state index is 11.6. The van der Waals surface area contributed by atoms with Crippen molar-refractivity contribution in [3.63, 3.8) is 0 Å². The molecule has 0 spiro atoms. The molecule has 0 aliphatic carbocycles. The van der Waals surface area contributed by atoms with Gasteiger partial charge in [-0.1, -0.05) is 15.9 Å². The summed E-state index contributed by atoms with van der Waals surface area (Å²) >= 11 is 3.29. The van der Waals surface area contributed by atoms with E-state index in [-0.39, 0.29) is 0 Å². The Morgan fingerprint density at radius 3 is 2.53 bits per heavy atom. The van der Waals surface area contributed by atoms with Crippen molar-refractivity contribution in [2.24, 2.45) is 0 Å². The molecule has 0 saturated carbocycles. The van der Waals surface area contributed by atoms with Gasteiger partial charge in [0, 0.05) is 29.9 Å². The second kappa shape index (κ2) is 8.66. The molecule has 0 fully saturated rings. The molecule has 2 N–H and O–H groups in total. The smallest absolute Gasteiger partial charge is 0.313 e. The Kier molecular flexibility index (Phi) is 7.14. The van der Waals surface area contributed by atoms with Gasteiger partial charge in [0.2, 0.25) is 0 Å². The molecule has 0 aliphatic rings. The molecule has 0 aliphatic heterocycles. The zero-order valence-electron chi connectivity index (χ0n) is 10.7. The van der Waals surface area contributed by atoms with Gasteiger partial charge in [-0.25, -0.2) is 0 Å². The highest BCUT2D eigenvalue weighted by atomic mass is 79.9. The van der Waals surface area contributed by atoms with Crippen LogP contribution >= 0.6 is 15.9 Å². The van der Waals surface area contributed by atoms with Crippen LogP contribution in [0.15, 0.2) is 28.7 Å². The number of carbonyl (C=O) groups excluding carboxylic acids is 2. The molecule has 0 aromatic heterocycles. The fourth-order valence-corrected chi connectivity index (χ4v) is 1.59. The van der Waals surface area contributed by atoms with E-state index in [0.29, 0.717) is 31.9 Å². The number of hydrogen-bond donors (Lipinski definition) is 2. The average Bonchev–Trinajstić information content (AvgIpc) is 2.41. The number of amides is 2. The third-order valence-electron chi connectivity index (χ3n) is 2.26. The molecule has 0 saturated heterocycles. The summed E-state index contributed by atoms with van der Waals surface area (Å²) in [6.45, 7) is 3.56. The van der Waals surface area contributed by atoms with E-state index in [9.17, 15) is 9.59 Å². The first-order chi connectivity index (χ1) is 9.13. The molecule has 2 amide bonds. The van der Waals surface area contributed by atoms with Gasteiger partial charge in [-0.2, -0.15) is 0 Å². The van der Waals surface area contributed by atoms with E-state index in [0.717, 1.165) is 4.47 Å². The Morgan fingerprint density at radius 2 is 1.89 bits per heavy atom. The molecular weight excluding hydrogens is 312 g/mol. The molecule has 104 valence electrons. The molecule has 0 unspecified atom stereocenters. The largest absolute Gasteiger partial charge is 0.382 e. The van der Waals surface area contributed by atoms with Gasteiger partial charge in [-0.15, -0.1) is 0 Å². The number of hydrogen-bond acceptors (Lipinski definition) is 3. The third-order valence-corrected chi connectivity index (χ3v) is 2.79. The second-order valence-corrected chi connectivity index (χ2v) is 4.68. The van der Waals surface area contributed by atoms with Crippen LogP contribution in [0.4, 0.5) is 5.69 Å². The van der Waals surface area contributed by atoms with Gasteiger partial charge in [0.1, 0.15) is 0 Å². The highest BCUT2D eigenvalue weighted by molar-refractivity contribution is 9.10. The Morgan fingerprint density at radius 1 is 1.21 bits per heavy atom. The van der Waals surface area contributed by atoms with E-state index in [2.05, 4.69) is 26.6 Å². The van der Waals surface area contributed by atoms with E-state index < -0.39 is 11.8 Å². The first-order valence-corrected chi connectivity index (χ1v) is 6.85. The van der Waals surface area contributed by atoms with Gasteiger partial charge in [0.25, 0.3) is 0 Å². The summed E-state index contributed by atoms with van der Waals surface area (Å²) in [5.74, 6) is -1.31. The monoisotopic (exact) mass is 328 g/mol. The van der Waals surface area contributed by atoms with Crippen LogP contribution in [-0.4, -0.2) is 31.6 Å². The normalized spacial score (nSPS) is 10.0. The van der Waals surface area contributed by atoms with Crippen molar-refractivity contribution in [3.8, 4) is 0 Å². The molecule has 0 radical (unpaired) electrons. The molecule has 0 bridgehead atoms. The lowest BCUT2D eigenvalue weighted by Crippen LogP contribution is -2.36. The van der Waals surface area contributed by atoms with E-state index in [1.54, 1.807) is 24.3 Å². The van der Waals surface area contributed by atoms with Crippen LogP contribution in [0.3, 0.4) is 0 Å². The molecule has 0 heterocycles. The number of halogens is 1. The summed E-state index contributed by atoms with van der Waals surface area (Å²) in [4.78, 5) is 23.0. The zero-order chi connectivity index (χ0) is 14.1. The summed E-state index contributed by atoms with van der Waals surface area (Å²) in [5.41, 5.74) is 0.581. The minimum atomic E-state index is -0.668. The second-order valence-electron chi connectivity index (χ2n) is 3.77. The summed E-state index contributed by atoms with van der Waals surface area (Å²) < 4.78 is 6.03. The molecule has 1 aromatic rings. The molecule has 5 nitrogen and oxygen atoms in total. The maximum atomic E-state index is 11.6. The zero-order valence-corrected chi connectivity index (χ0v) is 12.3. The summed E-state index contributed by atoms with van der Waals surface area (Å²) in [7, 11) is 0. The predicted octanol–water partition coefficient (Wildman–Crippen LogP) is 1.93. The third kappa shape index (κ3) is 6.35. The van der Waals surface area contributed by atoms with E-state index >= 15 is 0 Å². The standard InChI is InChI=1S/C13H17BrN2O3/c1-2-19-9-3-8-15-12(17)13(18)16-11-6-4-10(14)5-7-11/h4-7H,2-3,8-9H2,1H3,(H,15,17)(H,16,18). The van der Waals surface area contributed by atoms with Crippen LogP contribution in [0, 0.1) is 0 Å². The Bertz CT molecular complexity index is 420. The summed E-state index contributed by atoms with van der Waals surface area (Å²) in [5, 5.41) is 5.05. The number of carbonyl (C=O) groups is 2. The Labute approximate surface area is 120 Å². The van der Waals surface area contributed by atoms with Gasteiger partial charge in [0.15, 0.2) is 0 Å². The minimum absolute atomic E-state index is 0.423. The topological polar surface area (TPSA) is 67.4 Å². The molecule has 1 aromatic carbocycles. The quantitative estimate of drug-likeness (QED) is 0.619. The van der Waals surface area contributed by atoms with E-state index in [4.69, 9.17) is 4.74 Å². The van der Waals surface area contributed by atoms with Crippen LogP contribution in [0.5, 0.6) is 0 Å². The van der Waals surface area contributed by atoms with Crippen molar-refractivity contribution < 1.29 is 14.3 Å². The van der Waals surface area contributed by atoms with Crippen molar-refractivity contribution >= 4 is 33.4 Å². The lowest BCUT2D eigenvalue weighted by molar-refractivity contribution is -0.136. The van der Waals surface area contributed by atoms with Gasteiger partial charge < -0.3 is 15.4 Å². The first kappa shape index (κ1) is 15.7. The average molecular weight is 329 g/mol. The van der Waals surface area contributed by atoms with Crippen molar-refractivity contribution in [1.82, 2.24) is 5.32 Å². The highest BCUT2D eigenvalue weighted by Gasteiger charge is 2.12. The molecular formula is C13H17BrN2O3. The number of anilines is 1. The lowest BCUT2D eigenvalue weighted by Gasteiger charge is -2.06. The van der Waals surface area contributed by atoms with E-state index in [1.165, 1.54) is 0 Å². The van der Waals surface area contributed by atoms with Crippen molar-refractivity contribution in [3.05, 3.63) is 28.7 Å². The van der Waals surface area contributed by atoms with Crippen LogP contribution in [-0.2, 0) is 14.3 Å². The van der Waals surface area contributed by atoms with Gasteiger partial charge >= 0.3 is 11.8 Å². The molecule has 0 atom stereocenters. The van der Waals surface area contributed by atoms with Crippen molar-refractivity contribution in [2.75, 3.05) is 25.1 Å². The maximum Gasteiger partial charge on any atom is 0.313 e. The van der Waals surface area contributed by atoms with E-state index in [1.807, 2.05) is 6.92 Å². The molecule has 1 rings (SSSR count). The molecule has 19 heavy (non-hydrogen) atoms. The lowest BCUT2D eigenvalue weighted by atomic mass is 10.3. The van der Waals surface area contributed by atoms with Gasteiger partial charge in [-0.3, -0.25) is 9.59 Å². The summed E-state index contributed by atoms with van der Waals surface area (Å²) in [6.07, 6.45) is 0.686. The highest BCUT2D eigenvalue weighted by Crippen LogP contribution is 2.13. The number of nitrogens with one attached hydrogen (secondary N) is 2. The number of rotatable bonds is 6. The fraction of sp³-hybridized carbons (Fsp3) is 0.385. The number of ether oxygens (including phenoxy) is 1. The summed E-state index contributed by atoms with van der Waals surface area (Å²) in [6, 6.07) is 7.00. The van der Waals surface area contributed by atoms with Crippen molar-refractivity contribution in [1.29, 1.82) is 0 Å². The minimum Gasteiger partial charge on any atom is -0.382 e. The Hall–Kier alpha value is -1.40. The van der Waals surface area contributed by atoms with Crippen LogP contribution < -0.4 is 10.6 Å². The van der Waals surface area contributed by atoms with Crippen LogP contribution in [0.2, 0.25) is 0 Å². The van der Waals surface area contributed by atoms with Crippen molar-refractivity contribution in [2.45, 2.75) is 13.3 Å². The van der Waals surface area contributed by atoms with Gasteiger partial charge in [0.05, 0.1) is 0 Å².